The molecule has 2 aromatic carbocycles. The van der Waals surface area contributed by atoms with Crippen LogP contribution in [0.2, 0.25) is 0 Å². The van der Waals surface area contributed by atoms with Gasteiger partial charge in [-0.3, -0.25) is 9.59 Å². The molecule has 138 valence electrons. The minimum atomic E-state index is -0.676. The first-order valence-electron chi connectivity index (χ1n) is 8.97. The molecule has 0 saturated heterocycles. The van der Waals surface area contributed by atoms with Gasteiger partial charge in [0.25, 0.3) is 0 Å². The van der Waals surface area contributed by atoms with Crippen LogP contribution < -0.4 is 15.4 Å². The van der Waals surface area contributed by atoms with E-state index < -0.39 is 11.8 Å². The van der Waals surface area contributed by atoms with Crippen LogP contribution in [0, 0.1) is 0 Å². The molecule has 0 aliphatic heterocycles. The normalized spacial score (nSPS) is 11.5. The van der Waals surface area contributed by atoms with Gasteiger partial charge in [0.2, 0.25) is 0 Å². The maximum Gasteiger partial charge on any atom is 0.313 e. The van der Waals surface area contributed by atoms with Gasteiger partial charge in [0, 0.05) is 12.2 Å². The number of hydrogen-bond acceptors (Lipinski definition) is 3. The van der Waals surface area contributed by atoms with E-state index in [4.69, 9.17) is 4.74 Å². The van der Waals surface area contributed by atoms with Crippen LogP contribution in [0.1, 0.15) is 38.2 Å². The molecule has 5 nitrogen and oxygen atoms in total. The first-order valence-corrected chi connectivity index (χ1v) is 8.97. The van der Waals surface area contributed by atoms with Crippen LogP contribution in [0.5, 0.6) is 5.75 Å². The number of benzene rings is 2. The number of nitrogens with one attached hydrogen (secondary N) is 2. The molecule has 26 heavy (non-hydrogen) atoms. The Morgan fingerprint density at radius 1 is 1.00 bits per heavy atom. The summed E-state index contributed by atoms with van der Waals surface area (Å²) in [5.74, 6) is -0.439. The van der Waals surface area contributed by atoms with E-state index in [0.717, 1.165) is 24.2 Å². The Hall–Kier alpha value is -2.82. The van der Waals surface area contributed by atoms with E-state index in [-0.39, 0.29) is 5.92 Å². The summed E-state index contributed by atoms with van der Waals surface area (Å²) in [4.78, 5) is 24.0. The summed E-state index contributed by atoms with van der Waals surface area (Å²) in [5.41, 5.74) is 1.68. The van der Waals surface area contributed by atoms with Crippen molar-refractivity contribution in [3.8, 4) is 5.75 Å². The molecule has 0 spiro atoms. The highest BCUT2D eigenvalue weighted by Crippen LogP contribution is 2.16. The highest BCUT2D eigenvalue weighted by molar-refractivity contribution is 6.39. The first kappa shape index (κ1) is 19.5. The second-order valence-corrected chi connectivity index (χ2v) is 6.20. The van der Waals surface area contributed by atoms with Crippen LogP contribution in [0.25, 0.3) is 0 Å². The van der Waals surface area contributed by atoms with Gasteiger partial charge >= 0.3 is 11.8 Å². The van der Waals surface area contributed by atoms with Crippen LogP contribution in [-0.4, -0.2) is 25.0 Å². The fraction of sp³-hybridized carbons (Fsp3) is 0.333. The molecule has 0 aliphatic rings. The second-order valence-electron chi connectivity index (χ2n) is 6.20. The number of anilines is 1. The van der Waals surface area contributed by atoms with Crippen LogP contribution in [0.3, 0.4) is 0 Å². The van der Waals surface area contributed by atoms with Crippen LogP contribution in [-0.2, 0) is 9.59 Å². The van der Waals surface area contributed by atoms with Gasteiger partial charge in [0.1, 0.15) is 5.75 Å². The lowest BCUT2D eigenvalue weighted by Gasteiger charge is -2.13. The summed E-state index contributed by atoms with van der Waals surface area (Å²) in [5, 5.41) is 5.26. The third kappa shape index (κ3) is 6.24. The molecule has 0 heterocycles. The van der Waals surface area contributed by atoms with Gasteiger partial charge in [-0.05, 0) is 42.2 Å². The molecule has 5 heteroatoms. The van der Waals surface area contributed by atoms with E-state index in [1.54, 1.807) is 24.3 Å². The number of amides is 2. The number of unbranched alkanes of at least 4 members (excludes halogenated alkanes) is 1. The molecule has 1 atom stereocenters. The van der Waals surface area contributed by atoms with Crippen molar-refractivity contribution in [2.75, 3.05) is 18.5 Å². The molecule has 2 aromatic rings. The summed E-state index contributed by atoms with van der Waals surface area (Å²) >= 11 is 0. The first-order chi connectivity index (χ1) is 12.6. The minimum Gasteiger partial charge on any atom is -0.494 e. The zero-order valence-corrected chi connectivity index (χ0v) is 15.3. The molecule has 2 rings (SSSR count). The van der Waals surface area contributed by atoms with E-state index in [1.165, 1.54) is 0 Å². The van der Waals surface area contributed by atoms with Crippen molar-refractivity contribution in [3.63, 3.8) is 0 Å². The van der Waals surface area contributed by atoms with Crippen LogP contribution >= 0.6 is 0 Å². The van der Waals surface area contributed by atoms with Crippen molar-refractivity contribution in [2.45, 2.75) is 32.6 Å². The van der Waals surface area contributed by atoms with Gasteiger partial charge in [-0.2, -0.15) is 0 Å². The Balaban J connectivity index is 1.78. The Morgan fingerprint density at radius 3 is 2.35 bits per heavy atom. The molecule has 0 saturated carbocycles. The van der Waals surface area contributed by atoms with E-state index in [9.17, 15) is 9.59 Å². The Bertz CT molecular complexity index is 699. The van der Waals surface area contributed by atoms with Crippen LogP contribution in [0.15, 0.2) is 54.6 Å². The second kappa shape index (κ2) is 10.2. The van der Waals surface area contributed by atoms with Crippen LogP contribution in [0.4, 0.5) is 5.69 Å². The van der Waals surface area contributed by atoms with Crippen molar-refractivity contribution >= 4 is 17.5 Å². The molecule has 0 unspecified atom stereocenters. The van der Waals surface area contributed by atoms with Gasteiger partial charge in [-0.1, -0.05) is 50.6 Å². The van der Waals surface area contributed by atoms with Gasteiger partial charge in [-0.15, -0.1) is 0 Å². The summed E-state index contributed by atoms with van der Waals surface area (Å²) in [7, 11) is 0. The monoisotopic (exact) mass is 354 g/mol. The van der Waals surface area contributed by atoms with E-state index in [1.807, 2.05) is 37.3 Å². The maximum atomic E-state index is 12.0. The largest absolute Gasteiger partial charge is 0.494 e. The van der Waals surface area contributed by atoms with Crippen molar-refractivity contribution < 1.29 is 14.3 Å². The van der Waals surface area contributed by atoms with Gasteiger partial charge in [0.05, 0.1) is 6.61 Å². The summed E-state index contributed by atoms with van der Waals surface area (Å²) in [6.07, 6.45) is 2.08. The lowest BCUT2D eigenvalue weighted by molar-refractivity contribution is -0.136. The number of carbonyl (C=O) groups excluding carboxylic acids is 2. The van der Waals surface area contributed by atoms with E-state index in [0.29, 0.717) is 18.8 Å². The third-order valence-corrected chi connectivity index (χ3v) is 4.02. The van der Waals surface area contributed by atoms with Crippen molar-refractivity contribution in [1.82, 2.24) is 5.32 Å². The molecular weight excluding hydrogens is 328 g/mol. The topological polar surface area (TPSA) is 67.4 Å². The molecule has 0 aromatic heterocycles. The summed E-state index contributed by atoms with van der Waals surface area (Å²) < 4.78 is 5.57. The lowest BCUT2D eigenvalue weighted by Crippen LogP contribution is -2.37. The maximum absolute atomic E-state index is 12.0. The molecule has 2 amide bonds. The Labute approximate surface area is 154 Å². The summed E-state index contributed by atoms with van der Waals surface area (Å²) in [6, 6.07) is 16.9. The van der Waals surface area contributed by atoms with E-state index in [2.05, 4.69) is 17.6 Å². The predicted molar refractivity (Wildman–Crippen MR) is 103 cm³/mol. The van der Waals surface area contributed by atoms with Crippen molar-refractivity contribution in [1.29, 1.82) is 0 Å². The molecule has 2 N–H and O–H groups in total. The lowest BCUT2D eigenvalue weighted by atomic mass is 10.0. The van der Waals surface area contributed by atoms with Gasteiger partial charge in [0.15, 0.2) is 0 Å². The SMILES string of the molecule is CCCCOc1ccc(NC(=O)C(=O)NC[C@@H](C)c2ccccc2)cc1. The molecule has 0 fully saturated rings. The molecule has 0 aliphatic carbocycles. The highest BCUT2D eigenvalue weighted by Gasteiger charge is 2.15. The van der Waals surface area contributed by atoms with Crippen molar-refractivity contribution in [3.05, 3.63) is 60.2 Å². The third-order valence-electron chi connectivity index (χ3n) is 4.02. The Morgan fingerprint density at radius 2 is 1.69 bits per heavy atom. The number of ether oxygens (including phenoxy) is 1. The fourth-order valence-electron chi connectivity index (χ4n) is 2.38. The number of rotatable bonds is 8. The summed E-state index contributed by atoms with van der Waals surface area (Å²) in [6.45, 7) is 5.18. The standard InChI is InChI=1S/C21H26N2O3/c1-3-4-14-26-19-12-10-18(11-13-19)23-21(25)20(24)22-15-16(2)17-8-6-5-7-9-17/h5-13,16H,3-4,14-15H2,1-2H3,(H,22,24)(H,23,25)/t16-/m1/s1. The van der Waals surface area contributed by atoms with Gasteiger partial charge in [-0.25, -0.2) is 0 Å². The highest BCUT2D eigenvalue weighted by atomic mass is 16.5. The zero-order valence-electron chi connectivity index (χ0n) is 15.3. The quantitative estimate of drug-likeness (QED) is 0.561. The van der Waals surface area contributed by atoms with E-state index >= 15 is 0 Å². The molecule has 0 radical (unpaired) electrons. The molecule has 0 bridgehead atoms. The average molecular weight is 354 g/mol. The fourth-order valence-corrected chi connectivity index (χ4v) is 2.38. The molecular formula is C21H26N2O3. The zero-order chi connectivity index (χ0) is 18.8. The smallest absolute Gasteiger partial charge is 0.313 e. The van der Waals surface area contributed by atoms with Gasteiger partial charge < -0.3 is 15.4 Å². The predicted octanol–water partition coefficient (Wildman–Crippen LogP) is 3.72. The number of carbonyl (C=O) groups is 2. The minimum absolute atomic E-state index is 0.132. The number of hydrogen-bond donors (Lipinski definition) is 2. The average Bonchev–Trinajstić information content (AvgIpc) is 2.68. The Kier molecular flexibility index (Phi) is 7.68. The van der Waals surface area contributed by atoms with Crippen molar-refractivity contribution in [2.24, 2.45) is 0 Å².